The highest BCUT2D eigenvalue weighted by molar-refractivity contribution is 5.95. The molecule has 0 aliphatic carbocycles. The third-order valence-electron chi connectivity index (χ3n) is 5.35. The van der Waals surface area contributed by atoms with Gasteiger partial charge in [-0.15, -0.1) is 0 Å². The highest BCUT2D eigenvalue weighted by Gasteiger charge is 2.24. The van der Waals surface area contributed by atoms with Crippen molar-refractivity contribution in [2.75, 3.05) is 18.4 Å². The number of aromatic nitrogens is 2. The summed E-state index contributed by atoms with van der Waals surface area (Å²) in [5.74, 6) is 0.279. The Morgan fingerprint density at radius 2 is 2.07 bits per heavy atom. The van der Waals surface area contributed by atoms with E-state index < -0.39 is 0 Å². The largest absolute Gasteiger partial charge is 0.381 e. The zero-order valence-electron chi connectivity index (χ0n) is 16.3. The molecule has 0 bridgehead atoms. The molecular weight excluding hydrogens is 367 g/mol. The number of carbonyl (C=O) groups is 1. The van der Waals surface area contributed by atoms with E-state index >= 15 is 0 Å². The van der Waals surface area contributed by atoms with E-state index in [1.165, 1.54) is 12.1 Å². The minimum atomic E-state index is -0.241. The minimum absolute atomic E-state index is 0.0748. The van der Waals surface area contributed by atoms with Crippen molar-refractivity contribution < 1.29 is 9.18 Å². The molecule has 1 fully saturated rings. The predicted molar refractivity (Wildman–Crippen MR) is 111 cm³/mol. The van der Waals surface area contributed by atoms with Gasteiger partial charge in [-0.2, -0.15) is 0 Å². The molecule has 0 saturated carbocycles. The van der Waals surface area contributed by atoms with Crippen LogP contribution in [-0.4, -0.2) is 33.4 Å². The third kappa shape index (κ3) is 5.02. The molecule has 0 radical (unpaired) electrons. The summed E-state index contributed by atoms with van der Waals surface area (Å²) in [7, 11) is 0. The van der Waals surface area contributed by atoms with Crippen molar-refractivity contribution in [1.82, 2.24) is 14.5 Å². The number of rotatable bonds is 6. The molecule has 3 aromatic rings. The van der Waals surface area contributed by atoms with Crippen LogP contribution >= 0.6 is 0 Å². The summed E-state index contributed by atoms with van der Waals surface area (Å²) in [6.45, 7) is 3.04. The maximum atomic E-state index is 13.0. The molecule has 1 atom stereocenters. The molecule has 2 heterocycles. The van der Waals surface area contributed by atoms with Crippen LogP contribution in [0.1, 0.15) is 28.8 Å². The van der Waals surface area contributed by atoms with Gasteiger partial charge < -0.3 is 14.8 Å². The van der Waals surface area contributed by atoms with Crippen LogP contribution in [0.2, 0.25) is 0 Å². The summed E-state index contributed by atoms with van der Waals surface area (Å²) >= 11 is 0. The summed E-state index contributed by atoms with van der Waals surface area (Å²) in [6.07, 6.45) is 7.74. The lowest BCUT2D eigenvalue weighted by Gasteiger charge is -2.33. The second-order valence-corrected chi connectivity index (χ2v) is 7.58. The van der Waals surface area contributed by atoms with Gasteiger partial charge in [0.05, 0.1) is 6.33 Å². The van der Waals surface area contributed by atoms with E-state index in [4.69, 9.17) is 0 Å². The Balaban J connectivity index is 1.37. The Morgan fingerprint density at radius 1 is 1.21 bits per heavy atom. The second kappa shape index (κ2) is 8.90. The highest BCUT2D eigenvalue weighted by Crippen LogP contribution is 2.21. The van der Waals surface area contributed by atoms with Gasteiger partial charge in [0.15, 0.2) is 0 Å². The fourth-order valence-electron chi connectivity index (χ4n) is 3.84. The first kappa shape index (κ1) is 19.2. The summed E-state index contributed by atoms with van der Waals surface area (Å²) in [4.78, 5) is 19.1. The molecule has 5 nitrogen and oxygen atoms in total. The van der Waals surface area contributed by atoms with Crippen LogP contribution in [0.4, 0.5) is 10.1 Å². The van der Waals surface area contributed by atoms with Crippen molar-refractivity contribution in [3.63, 3.8) is 0 Å². The number of piperidine rings is 1. The monoisotopic (exact) mass is 392 g/mol. The smallest absolute Gasteiger partial charge is 0.253 e. The fourth-order valence-corrected chi connectivity index (χ4v) is 3.84. The molecule has 1 aliphatic rings. The number of likely N-dealkylation sites (tertiary alicyclic amines) is 1. The van der Waals surface area contributed by atoms with Crippen LogP contribution in [-0.2, 0) is 13.1 Å². The second-order valence-electron chi connectivity index (χ2n) is 7.58. The number of benzene rings is 2. The van der Waals surface area contributed by atoms with Crippen LogP contribution in [0.15, 0.2) is 67.3 Å². The topological polar surface area (TPSA) is 50.2 Å². The summed E-state index contributed by atoms with van der Waals surface area (Å²) < 4.78 is 15.1. The molecule has 4 rings (SSSR count). The van der Waals surface area contributed by atoms with Gasteiger partial charge in [-0.25, -0.2) is 9.37 Å². The maximum Gasteiger partial charge on any atom is 0.253 e. The number of halogens is 1. The number of amides is 1. The summed E-state index contributed by atoms with van der Waals surface area (Å²) in [6, 6.07) is 14.0. The van der Waals surface area contributed by atoms with Crippen LogP contribution in [0, 0.1) is 11.7 Å². The molecule has 1 aromatic heterocycles. The number of hydrogen-bond acceptors (Lipinski definition) is 3. The van der Waals surface area contributed by atoms with Crippen LogP contribution in [0.25, 0.3) is 0 Å². The van der Waals surface area contributed by atoms with Crippen molar-refractivity contribution in [3.8, 4) is 0 Å². The van der Waals surface area contributed by atoms with Gasteiger partial charge in [0.25, 0.3) is 5.91 Å². The van der Waals surface area contributed by atoms with E-state index in [-0.39, 0.29) is 11.7 Å². The Hall–Kier alpha value is -3.15. The molecule has 6 heteroatoms. The van der Waals surface area contributed by atoms with Crippen molar-refractivity contribution >= 4 is 11.6 Å². The molecule has 0 spiro atoms. The van der Waals surface area contributed by atoms with Crippen molar-refractivity contribution in [2.45, 2.75) is 25.9 Å². The van der Waals surface area contributed by atoms with Gasteiger partial charge in [0.1, 0.15) is 5.82 Å². The number of carbonyl (C=O) groups excluding carboxylic acids is 1. The lowest BCUT2D eigenvalue weighted by Crippen LogP contribution is -2.41. The quantitative estimate of drug-likeness (QED) is 0.684. The Morgan fingerprint density at radius 3 is 2.86 bits per heavy atom. The van der Waals surface area contributed by atoms with Crippen molar-refractivity contribution in [1.29, 1.82) is 0 Å². The number of nitrogens with one attached hydrogen (secondary N) is 1. The van der Waals surface area contributed by atoms with E-state index in [1.807, 2.05) is 41.7 Å². The van der Waals surface area contributed by atoms with Crippen LogP contribution in [0.3, 0.4) is 0 Å². The molecule has 0 unspecified atom stereocenters. The summed E-state index contributed by atoms with van der Waals surface area (Å²) in [5, 5.41) is 3.31. The third-order valence-corrected chi connectivity index (χ3v) is 5.35. The summed E-state index contributed by atoms with van der Waals surface area (Å²) in [5.41, 5.74) is 2.56. The maximum absolute atomic E-state index is 13.0. The minimum Gasteiger partial charge on any atom is -0.381 e. The van der Waals surface area contributed by atoms with E-state index in [2.05, 4.69) is 14.9 Å². The number of imidazole rings is 1. The first-order valence-corrected chi connectivity index (χ1v) is 10.0. The zero-order valence-corrected chi connectivity index (χ0v) is 16.3. The van der Waals surface area contributed by atoms with Crippen LogP contribution in [0.5, 0.6) is 0 Å². The van der Waals surface area contributed by atoms with E-state index in [1.54, 1.807) is 18.3 Å². The van der Waals surface area contributed by atoms with Gasteiger partial charge in [-0.1, -0.05) is 18.2 Å². The van der Waals surface area contributed by atoms with E-state index in [9.17, 15) is 9.18 Å². The molecule has 2 aromatic carbocycles. The molecule has 29 heavy (non-hydrogen) atoms. The first-order chi connectivity index (χ1) is 14.2. The molecule has 1 saturated heterocycles. The highest BCUT2D eigenvalue weighted by atomic mass is 19.1. The molecule has 150 valence electrons. The molecule has 1 N–H and O–H groups in total. The van der Waals surface area contributed by atoms with Gasteiger partial charge in [0, 0.05) is 49.8 Å². The van der Waals surface area contributed by atoms with Crippen LogP contribution < -0.4 is 5.32 Å². The Kier molecular flexibility index (Phi) is 5.89. The zero-order chi connectivity index (χ0) is 20.1. The van der Waals surface area contributed by atoms with Gasteiger partial charge >= 0.3 is 0 Å². The fraction of sp³-hybridized carbons (Fsp3) is 0.304. The van der Waals surface area contributed by atoms with E-state index in [0.717, 1.165) is 43.7 Å². The van der Waals surface area contributed by atoms with Gasteiger partial charge in [-0.05, 0) is 54.7 Å². The number of hydrogen-bond donors (Lipinski definition) is 1. The predicted octanol–water partition coefficient (Wildman–Crippen LogP) is 4.19. The first-order valence-electron chi connectivity index (χ1n) is 10.0. The average Bonchev–Trinajstić information content (AvgIpc) is 3.26. The number of anilines is 1. The Labute approximate surface area is 170 Å². The van der Waals surface area contributed by atoms with E-state index in [0.29, 0.717) is 18.0 Å². The molecule has 1 amide bonds. The van der Waals surface area contributed by atoms with Gasteiger partial charge in [0.2, 0.25) is 0 Å². The van der Waals surface area contributed by atoms with Crippen molar-refractivity contribution in [2.24, 2.45) is 5.92 Å². The SMILES string of the molecule is O=C(c1cccc(NCc2ccc(F)cc2)c1)N1CCC[C@H](Cn2ccnc2)C1. The molecule has 1 aliphatic heterocycles. The molecular formula is C23H25FN4O. The lowest BCUT2D eigenvalue weighted by molar-refractivity contribution is 0.0662. The Bertz CT molecular complexity index is 940. The van der Waals surface area contributed by atoms with Gasteiger partial charge in [-0.3, -0.25) is 4.79 Å². The average molecular weight is 392 g/mol. The normalized spacial score (nSPS) is 16.6. The number of nitrogens with zero attached hydrogens (tertiary/aromatic N) is 3. The lowest BCUT2D eigenvalue weighted by atomic mass is 9.97. The standard InChI is InChI=1S/C23H25FN4O/c24-21-8-6-18(7-9-21)14-26-22-5-1-4-20(13-22)23(29)28-11-2-3-19(16-28)15-27-12-10-25-17-27/h1,4-10,12-13,17,19,26H,2-3,11,14-16H2/t19-/m1/s1. The van der Waals surface area contributed by atoms with Crippen molar-refractivity contribution in [3.05, 3.63) is 84.2 Å².